The van der Waals surface area contributed by atoms with Crippen molar-refractivity contribution in [2.45, 2.75) is 13.3 Å². The molecule has 2 N–H and O–H groups in total. The predicted molar refractivity (Wildman–Crippen MR) is 66.7 cm³/mol. The molecule has 0 heterocycles. The molecule has 1 rings (SSSR count). The van der Waals surface area contributed by atoms with Crippen LogP contribution in [0, 0.1) is 0 Å². The number of aliphatic imine (C=N–C) groups is 1. The van der Waals surface area contributed by atoms with Crippen LogP contribution in [0.1, 0.15) is 18.1 Å². The monoisotopic (exact) mass is 218 g/mol. The number of allylic oxidation sites excluding steroid dienone is 1. The fraction of sp³-hybridized carbons (Fsp3) is 0.154. The van der Waals surface area contributed by atoms with E-state index in [0.29, 0.717) is 5.70 Å². The molecule has 0 aliphatic carbocycles. The smallest absolute Gasteiger partial charge is 0.156 e. The predicted octanol–water partition coefficient (Wildman–Crippen LogP) is 3.06. The van der Waals surface area contributed by atoms with Gasteiger partial charge in [0, 0.05) is 6.20 Å². The van der Waals surface area contributed by atoms with Gasteiger partial charge in [0.15, 0.2) is 5.83 Å². The van der Waals surface area contributed by atoms with Crippen LogP contribution in [0.2, 0.25) is 0 Å². The molecule has 1 aromatic rings. The standard InChI is InChI=1S/C13H15FN2/c1-3-11-4-6-12(7-5-11)10(2)16-9-13(14)8-15/h4-9H,2-3,15H2,1H3/b13-8+,16-9-. The van der Waals surface area contributed by atoms with Crippen molar-refractivity contribution in [2.24, 2.45) is 10.7 Å². The lowest BCUT2D eigenvalue weighted by atomic mass is 10.1. The third-order valence-corrected chi connectivity index (χ3v) is 2.20. The summed E-state index contributed by atoms with van der Waals surface area (Å²) in [6.45, 7) is 5.84. The second-order valence-corrected chi connectivity index (χ2v) is 3.31. The van der Waals surface area contributed by atoms with Gasteiger partial charge in [0.25, 0.3) is 0 Å². The number of benzene rings is 1. The molecular formula is C13H15FN2. The molecule has 0 bridgehead atoms. The summed E-state index contributed by atoms with van der Waals surface area (Å²) in [7, 11) is 0. The molecule has 0 saturated carbocycles. The molecule has 0 fully saturated rings. The van der Waals surface area contributed by atoms with Gasteiger partial charge in [0.05, 0.1) is 11.9 Å². The normalized spacial score (nSPS) is 12.0. The van der Waals surface area contributed by atoms with Gasteiger partial charge in [-0.1, -0.05) is 37.8 Å². The van der Waals surface area contributed by atoms with Gasteiger partial charge in [0.2, 0.25) is 0 Å². The van der Waals surface area contributed by atoms with Crippen molar-refractivity contribution in [3.05, 3.63) is 54.0 Å². The van der Waals surface area contributed by atoms with Crippen LogP contribution in [0.4, 0.5) is 4.39 Å². The van der Waals surface area contributed by atoms with E-state index < -0.39 is 5.83 Å². The van der Waals surface area contributed by atoms with Crippen LogP contribution >= 0.6 is 0 Å². The first kappa shape index (κ1) is 12.2. The van der Waals surface area contributed by atoms with Gasteiger partial charge in [-0.25, -0.2) is 4.39 Å². The molecule has 0 aromatic heterocycles. The molecule has 0 saturated heterocycles. The number of hydrogen-bond acceptors (Lipinski definition) is 2. The molecule has 0 atom stereocenters. The SMILES string of the molecule is C=C(/N=C\C(F)=C/N)c1ccc(CC)cc1. The summed E-state index contributed by atoms with van der Waals surface area (Å²) in [6, 6.07) is 7.85. The van der Waals surface area contributed by atoms with E-state index in [2.05, 4.69) is 18.5 Å². The minimum Gasteiger partial charge on any atom is -0.402 e. The van der Waals surface area contributed by atoms with Crippen molar-refractivity contribution in [3.63, 3.8) is 0 Å². The number of aryl methyl sites for hydroxylation is 1. The molecule has 84 valence electrons. The number of hydrogen-bond donors (Lipinski definition) is 1. The Balaban J connectivity index is 2.77. The molecule has 1 aromatic carbocycles. The Morgan fingerprint density at radius 1 is 1.44 bits per heavy atom. The van der Waals surface area contributed by atoms with E-state index in [0.717, 1.165) is 24.4 Å². The van der Waals surface area contributed by atoms with Gasteiger partial charge in [-0.2, -0.15) is 0 Å². The average Bonchev–Trinajstić information content (AvgIpc) is 2.35. The minimum absolute atomic E-state index is 0.514. The second kappa shape index (κ2) is 5.85. The molecule has 0 radical (unpaired) electrons. The Morgan fingerprint density at radius 3 is 2.56 bits per heavy atom. The van der Waals surface area contributed by atoms with Gasteiger partial charge in [-0.05, 0) is 17.5 Å². The van der Waals surface area contributed by atoms with Crippen LogP contribution in [0.15, 0.2) is 47.9 Å². The van der Waals surface area contributed by atoms with Crippen LogP contribution in [-0.4, -0.2) is 6.21 Å². The van der Waals surface area contributed by atoms with E-state index in [9.17, 15) is 4.39 Å². The lowest BCUT2D eigenvalue weighted by Crippen LogP contribution is -1.86. The maximum Gasteiger partial charge on any atom is 0.156 e. The van der Waals surface area contributed by atoms with Gasteiger partial charge >= 0.3 is 0 Å². The summed E-state index contributed by atoms with van der Waals surface area (Å²) in [5.74, 6) is -0.577. The fourth-order valence-electron chi connectivity index (χ4n) is 1.19. The molecule has 0 unspecified atom stereocenters. The molecular weight excluding hydrogens is 203 g/mol. The largest absolute Gasteiger partial charge is 0.402 e. The zero-order valence-corrected chi connectivity index (χ0v) is 9.28. The van der Waals surface area contributed by atoms with Gasteiger partial charge in [-0.15, -0.1) is 0 Å². The van der Waals surface area contributed by atoms with Crippen molar-refractivity contribution in [1.29, 1.82) is 0 Å². The molecule has 0 spiro atoms. The van der Waals surface area contributed by atoms with Gasteiger partial charge in [-0.3, -0.25) is 4.99 Å². The maximum absolute atomic E-state index is 12.7. The molecule has 2 nitrogen and oxygen atoms in total. The highest BCUT2D eigenvalue weighted by Gasteiger charge is 1.96. The van der Waals surface area contributed by atoms with E-state index in [4.69, 9.17) is 5.73 Å². The van der Waals surface area contributed by atoms with Crippen molar-refractivity contribution in [2.75, 3.05) is 0 Å². The zero-order chi connectivity index (χ0) is 12.0. The second-order valence-electron chi connectivity index (χ2n) is 3.31. The molecule has 16 heavy (non-hydrogen) atoms. The van der Waals surface area contributed by atoms with E-state index in [1.165, 1.54) is 5.56 Å². The van der Waals surface area contributed by atoms with E-state index >= 15 is 0 Å². The van der Waals surface area contributed by atoms with Crippen LogP contribution in [0.5, 0.6) is 0 Å². The van der Waals surface area contributed by atoms with E-state index in [1.54, 1.807) is 0 Å². The van der Waals surface area contributed by atoms with Crippen LogP contribution < -0.4 is 5.73 Å². The zero-order valence-electron chi connectivity index (χ0n) is 9.28. The average molecular weight is 218 g/mol. The third-order valence-electron chi connectivity index (χ3n) is 2.20. The summed E-state index contributed by atoms with van der Waals surface area (Å²) in [5, 5.41) is 0. The highest BCUT2D eigenvalue weighted by atomic mass is 19.1. The fourth-order valence-corrected chi connectivity index (χ4v) is 1.19. The summed E-state index contributed by atoms with van der Waals surface area (Å²) < 4.78 is 12.7. The van der Waals surface area contributed by atoms with Gasteiger partial charge in [0.1, 0.15) is 0 Å². The number of rotatable bonds is 4. The quantitative estimate of drug-likeness (QED) is 0.775. The van der Waals surface area contributed by atoms with Crippen molar-refractivity contribution in [3.8, 4) is 0 Å². The first-order chi connectivity index (χ1) is 7.67. The summed E-state index contributed by atoms with van der Waals surface area (Å²) in [5.41, 5.74) is 7.61. The van der Waals surface area contributed by atoms with E-state index in [1.807, 2.05) is 24.3 Å². The molecule has 0 amide bonds. The summed E-state index contributed by atoms with van der Waals surface area (Å²) in [4.78, 5) is 3.88. The Morgan fingerprint density at radius 2 is 2.06 bits per heavy atom. The summed E-state index contributed by atoms with van der Waals surface area (Å²) >= 11 is 0. The summed E-state index contributed by atoms with van der Waals surface area (Å²) in [6.07, 6.45) is 2.90. The number of halogens is 1. The van der Waals surface area contributed by atoms with Crippen LogP contribution in [0.3, 0.4) is 0 Å². The highest BCUT2D eigenvalue weighted by Crippen LogP contribution is 2.14. The Labute approximate surface area is 95.0 Å². The third kappa shape index (κ3) is 3.35. The highest BCUT2D eigenvalue weighted by molar-refractivity contribution is 5.82. The van der Waals surface area contributed by atoms with E-state index in [-0.39, 0.29) is 0 Å². The lowest BCUT2D eigenvalue weighted by Gasteiger charge is -2.01. The van der Waals surface area contributed by atoms with Crippen molar-refractivity contribution < 1.29 is 4.39 Å². The Bertz CT molecular complexity index is 416. The van der Waals surface area contributed by atoms with Crippen molar-refractivity contribution >= 4 is 11.9 Å². The van der Waals surface area contributed by atoms with Gasteiger partial charge < -0.3 is 5.73 Å². The molecule has 0 aliphatic heterocycles. The van der Waals surface area contributed by atoms with Crippen molar-refractivity contribution in [1.82, 2.24) is 0 Å². The Kier molecular flexibility index (Phi) is 4.45. The topological polar surface area (TPSA) is 38.4 Å². The number of nitrogens with two attached hydrogens (primary N) is 1. The molecule has 3 heteroatoms. The maximum atomic E-state index is 12.7. The van der Waals surface area contributed by atoms with Crippen LogP contribution in [-0.2, 0) is 6.42 Å². The number of nitrogens with zero attached hydrogens (tertiary/aromatic N) is 1. The Hall–Kier alpha value is -1.90. The lowest BCUT2D eigenvalue weighted by molar-refractivity contribution is 0.683. The van der Waals surface area contributed by atoms with Crippen LogP contribution in [0.25, 0.3) is 5.70 Å². The first-order valence-electron chi connectivity index (χ1n) is 5.07. The minimum atomic E-state index is -0.577. The molecule has 0 aliphatic rings. The first-order valence-corrected chi connectivity index (χ1v) is 5.07.